The van der Waals surface area contributed by atoms with E-state index < -0.39 is 0 Å². The molecule has 0 saturated carbocycles. The molecule has 0 aliphatic carbocycles. The monoisotopic (exact) mass is 326 g/mol. The number of nitrogens with one attached hydrogen (secondary N) is 1. The van der Waals surface area contributed by atoms with Crippen LogP contribution in [-0.4, -0.2) is 26.2 Å². The number of phenols is 1. The topological polar surface area (TPSA) is 66.2 Å². The van der Waals surface area contributed by atoms with Crippen LogP contribution in [0.25, 0.3) is 0 Å². The summed E-state index contributed by atoms with van der Waals surface area (Å²) in [4.78, 5) is 0. The van der Waals surface area contributed by atoms with E-state index in [4.69, 9.17) is 12.2 Å². The van der Waals surface area contributed by atoms with E-state index in [-0.39, 0.29) is 5.75 Å². The van der Waals surface area contributed by atoms with Crippen LogP contribution in [0.1, 0.15) is 18.3 Å². The summed E-state index contributed by atoms with van der Waals surface area (Å²) < 4.78 is 2.83. The summed E-state index contributed by atoms with van der Waals surface area (Å²) in [6.45, 7) is 1.97. The molecule has 0 radical (unpaired) electrons. The van der Waals surface area contributed by atoms with Crippen molar-refractivity contribution in [3.63, 3.8) is 0 Å². The summed E-state index contributed by atoms with van der Waals surface area (Å²) >= 11 is 8.41. The van der Waals surface area contributed by atoms with Crippen LogP contribution < -0.4 is 0 Å². The van der Waals surface area contributed by atoms with Gasteiger partial charge in [-0.3, -0.25) is 5.10 Å². The van der Waals surface area contributed by atoms with E-state index in [1.165, 1.54) is 4.68 Å². The smallest absolute Gasteiger partial charge is 0.216 e. The van der Waals surface area contributed by atoms with Crippen molar-refractivity contribution in [2.75, 3.05) is 0 Å². The first kappa shape index (κ1) is 13.0. The molecule has 5 nitrogen and oxygen atoms in total. The fraction of sp³-hybridized carbons (Fsp3) is 0.182. The Morgan fingerprint density at radius 2 is 2.39 bits per heavy atom. The van der Waals surface area contributed by atoms with Crippen molar-refractivity contribution >= 4 is 34.4 Å². The Hall–Kier alpha value is -1.47. The number of aromatic amines is 1. The van der Waals surface area contributed by atoms with E-state index in [0.717, 1.165) is 16.7 Å². The second kappa shape index (κ2) is 5.45. The Labute approximate surface area is 117 Å². The summed E-state index contributed by atoms with van der Waals surface area (Å²) in [5, 5.41) is 20.6. The number of halogens is 1. The van der Waals surface area contributed by atoms with Crippen molar-refractivity contribution in [2.24, 2.45) is 5.10 Å². The molecule has 0 saturated heterocycles. The molecule has 0 amide bonds. The molecular formula is C11H11BrN4OS. The van der Waals surface area contributed by atoms with Crippen molar-refractivity contribution < 1.29 is 5.11 Å². The highest BCUT2D eigenvalue weighted by Crippen LogP contribution is 2.20. The van der Waals surface area contributed by atoms with Crippen LogP contribution in [0, 0.1) is 4.77 Å². The first-order valence-electron chi connectivity index (χ1n) is 5.31. The van der Waals surface area contributed by atoms with Crippen molar-refractivity contribution in [1.29, 1.82) is 0 Å². The second-order valence-corrected chi connectivity index (χ2v) is 4.86. The number of aryl methyl sites for hydroxylation is 1. The van der Waals surface area contributed by atoms with E-state index in [9.17, 15) is 5.11 Å². The maximum Gasteiger partial charge on any atom is 0.216 e. The molecular weight excluding hydrogens is 316 g/mol. The zero-order valence-corrected chi connectivity index (χ0v) is 12.0. The number of phenolic OH excluding ortho intramolecular Hbond substituents is 1. The Morgan fingerprint density at radius 1 is 1.61 bits per heavy atom. The van der Waals surface area contributed by atoms with Gasteiger partial charge in [0.15, 0.2) is 5.82 Å². The summed E-state index contributed by atoms with van der Waals surface area (Å²) in [7, 11) is 0. The highest BCUT2D eigenvalue weighted by Gasteiger charge is 2.03. The normalized spacial score (nSPS) is 11.2. The number of H-pyrrole nitrogens is 1. The van der Waals surface area contributed by atoms with Gasteiger partial charge in [0, 0.05) is 16.5 Å². The van der Waals surface area contributed by atoms with Gasteiger partial charge in [-0.25, -0.2) is 0 Å². The molecule has 18 heavy (non-hydrogen) atoms. The largest absolute Gasteiger partial charge is 0.507 e. The Bertz CT molecular complexity index is 647. The van der Waals surface area contributed by atoms with E-state index in [1.807, 2.05) is 6.92 Å². The lowest BCUT2D eigenvalue weighted by atomic mass is 10.2. The number of aromatic hydroxyl groups is 1. The molecule has 1 aromatic carbocycles. The number of benzene rings is 1. The van der Waals surface area contributed by atoms with Gasteiger partial charge in [-0.15, -0.1) is 0 Å². The maximum absolute atomic E-state index is 9.69. The van der Waals surface area contributed by atoms with Gasteiger partial charge in [0.2, 0.25) is 4.77 Å². The second-order valence-electron chi connectivity index (χ2n) is 3.56. The minimum Gasteiger partial charge on any atom is -0.507 e. The van der Waals surface area contributed by atoms with Crippen LogP contribution >= 0.6 is 28.1 Å². The first-order valence-corrected chi connectivity index (χ1v) is 6.51. The molecule has 0 spiro atoms. The number of rotatable bonds is 3. The molecule has 94 valence electrons. The molecule has 2 aromatic rings. The van der Waals surface area contributed by atoms with E-state index in [1.54, 1.807) is 24.4 Å². The molecule has 0 unspecified atom stereocenters. The minimum absolute atomic E-state index is 0.162. The van der Waals surface area contributed by atoms with Gasteiger partial charge in [0.25, 0.3) is 0 Å². The lowest BCUT2D eigenvalue weighted by Gasteiger charge is -2.00. The third kappa shape index (κ3) is 2.68. The first-order chi connectivity index (χ1) is 8.61. The van der Waals surface area contributed by atoms with Crippen LogP contribution in [-0.2, 0) is 6.42 Å². The zero-order chi connectivity index (χ0) is 13.1. The van der Waals surface area contributed by atoms with Crippen molar-refractivity contribution in [2.45, 2.75) is 13.3 Å². The molecule has 7 heteroatoms. The fourth-order valence-corrected chi connectivity index (χ4v) is 2.00. The molecule has 0 aliphatic rings. The number of aromatic nitrogens is 3. The van der Waals surface area contributed by atoms with Crippen molar-refractivity contribution in [3.8, 4) is 5.75 Å². The zero-order valence-electron chi connectivity index (χ0n) is 9.59. The molecule has 2 rings (SSSR count). The van der Waals surface area contributed by atoms with E-state index >= 15 is 0 Å². The third-order valence-corrected chi connectivity index (χ3v) is 3.09. The fourth-order valence-electron chi connectivity index (χ4n) is 1.42. The van der Waals surface area contributed by atoms with Crippen LogP contribution in [0.2, 0.25) is 0 Å². The van der Waals surface area contributed by atoms with Crippen molar-refractivity contribution in [1.82, 2.24) is 14.9 Å². The van der Waals surface area contributed by atoms with Gasteiger partial charge < -0.3 is 5.11 Å². The Balaban J connectivity index is 2.38. The van der Waals surface area contributed by atoms with Crippen LogP contribution in [0.4, 0.5) is 0 Å². The lowest BCUT2D eigenvalue weighted by molar-refractivity contribution is 0.474. The van der Waals surface area contributed by atoms with Gasteiger partial charge in [0.1, 0.15) is 5.75 Å². The predicted octanol–water partition coefficient (Wildman–Crippen LogP) is 2.85. The minimum atomic E-state index is 0.162. The highest BCUT2D eigenvalue weighted by molar-refractivity contribution is 9.10. The molecule has 0 aliphatic heterocycles. The van der Waals surface area contributed by atoms with Crippen LogP contribution in [0.5, 0.6) is 5.75 Å². The van der Waals surface area contributed by atoms with Gasteiger partial charge in [-0.2, -0.15) is 14.9 Å². The van der Waals surface area contributed by atoms with E-state index in [2.05, 4.69) is 31.2 Å². The van der Waals surface area contributed by atoms with Crippen LogP contribution in [0.3, 0.4) is 0 Å². The molecule has 0 fully saturated rings. The number of hydrogen-bond acceptors (Lipinski definition) is 4. The predicted molar refractivity (Wildman–Crippen MR) is 75.6 cm³/mol. The third-order valence-electron chi connectivity index (χ3n) is 2.34. The molecule has 0 bridgehead atoms. The lowest BCUT2D eigenvalue weighted by Crippen LogP contribution is -1.97. The highest BCUT2D eigenvalue weighted by atomic mass is 79.9. The summed E-state index contributed by atoms with van der Waals surface area (Å²) in [6.07, 6.45) is 2.26. The van der Waals surface area contributed by atoms with Gasteiger partial charge in [0.05, 0.1) is 6.21 Å². The summed E-state index contributed by atoms with van der Waals surface area (Å²) in [6, 6.07) is 5.13. The van der Waals surface area contributed by atoms with Gasteiger partial charge in [-0.05, 0) is 30.4 Å². The Kier molecular flexibility index (Phi) is 3.93. The van der Waals surface area contributed by atoms with E-state index in [0.29, 0.717) is 10.3 Å². The Morgan fingerprint density at radius 3 is 3.11 bits per heavy atom. The SMILES string of the molecule is CCc1n[nH]c(=S)n1/N=C\c1cc(Br)ccc1O. The molecule has 2 N–H and O–H groups in total. The number of nitrogens with zero attached hydrogens (tertiary/aromatic N) is 3. The van der Waals surface area contributed by atoms with Gasteiger partial charge >= 0.3 is 0 Å². The standard InChI is InChI=1S/C11H11BrN4OS/c1-2-10-14-15-11(18)16(10)13-6-7-5-8(12)3-4-9(7)17/h3-6,17H,2H2,1H3,(H,15,18)/b13-6-. The van der Waals surface area contributed by atoms with Crippen molar-refractivity contribution in [3.05, 3.63) is 38.8 Å². The summed E-state index contributed by atoms with van der Waals surface area (Å²) in [5.74, 6) is 0.903. The maximum atomic E-state index is 9.69. The van der Waals surface area contributed by atoms with Gasteiger partial charge in [-0.1, -0.05) is 22.9 Å². The number of hydrogen-bond donors (Lipinski definition) is 2. The summed E-state index contributed by atoms with van der Waals surface area (Å²) in [5.41, 5.74) is 0.606. The molecule has 1 heterocycles. The average molecular weight is 327 g/mol. The molecule has 0 atom stereocenters. The quantitative estimate of drug-likeness (QED) is 0.673. The average Bonchev–Trinajstić information content (AvgIpc) is 2.71. The van der Waals surface area contributed by atoms with Crippen LogP contribution in [0.15, 0.2) is 27.8 Å². The molecule has 1 aromatic heterocycles.